The van der Waals surface area contributed by atoms with E-state index in [4.69, 9.17) is 10.2 Å². The molecule has 1 fully saturated rings. The van der Waals surface area contributed by atoms with Crippen LogP contribution in [0.3, 0.4) is 0 Å². The zero-order valence-corrected chi connectivity index (χ0v) is 10.8. The van der Waals surface area contributed by atoms with Crippen LogP contribution < -0.4 is 5.73 Å². The van der Waals surface area contributed by atoms with Crippen LogP contribution in [-0.2, 0) is 11.3 Å². The van der Waals surface area contributed by atoms with E-state index >= 15 is 0 Å². The first kappa shape index (κ1) is 12.0. The summed E-state index contributed by atoms with van der Waals surface area (Å²) in [5.41, 5.74) is 7.85. The summed E-state index contributed by atoms with van der Waals surface area (Å²) in [4.78, 5) is 19.8. The summed E-state index contributed by atoms with van der Waals surface area (Å²) in [5, 5.41) is 0. The third kappa shape index (κ3) is 2.39. The highest BCUT2D eigenvalue weighted by atomic mass is 16.3. The summed E-state index contributed by atoms with van der Waals surface area (Å²) in [5.74, 6) is 0.754. The number of carbonyl (C=O) groups is 1. The average Bonchev–Trinajstić information content (AvgIpc) is 2.75. The number of likely N-dealkylation sites (N-methyl/N-ethyl adjacent to an activating group) is 1. The van der Waals surface area contributed by atoms with Crippen LogP contribution in [0.15, 0.2) is 22.6 Å². The second-order valence-electron chi connectivity index (χ2n) is 4.86. The highest BCUT2D eigenvalue weighted by molar-refractivity contribution is 5.78. The lowest BCUT2D eigenvalue weighted by Crippen LogP contribution is -2.48. The molecule has 1 aromatic heterocycles. The van der Waals surface area contributed by atoms with E-state index in [9.17, 15) is 4.79 Å². The Labute approximate surface area is 110 Å². The van der Waals surface area contributed by atoms with Crippen LogP contribution in [-0.4, -0.2) is 47.4 Å². The van der Waals surface area contributed by atoms with E-state index in [1.807, 2.05) is 18.0 Å². The third-order valence-corrected chi connectivity index (χ3v) is 3.35. The number of fused-ring (bicyclic) bond motifs is 1. The number of anilines is 1. The number of hydrogen-bond acceptors (Lipinski definition) is 5. The molecule has 3 rings (SSSR count). The highest BCUT2D eigenvalue weighted by Gasteiger charge is 2.22. The molecule has 100 valence electrons. The normalized spacial score (nSPS) is 17.3. The van der Waals surface area contributed by atoms with E-state index < -0.39 is 0 Å². The summed E-state index contributed by atoms with van der Waals surface area (Å²) >= 11 is 0. The molecule has 0 aliphatic carbocycles. The summed E-state index contributed by atoms with van der Waals surface area (Å²) in [6, 6.07) is 5.40. The van der Waals surface area contributed by atoms with E-state index in [-0.39, 0.29) is 5.91 Å². The van der Waals surface area contributed by atoms with Gasteiger partial charge in [-0.25, -0.2) is 4.98 Å². The SMILES string of the molecule is CN1CCN(Cc2nc3ccc(N)cc3o2)CC1=O. The van der Waals surface area contributed by atoms with Crippen molar-refractivity contribution in [3.63, 3.8) is 0 Å². The molecule has 0 atom stereocenters. The zero-order valence-electron chi connectivity index (χ0n) is 10.8. The Kier molecular flexibility index (Phi) is 2.87. The largest absolute Gasteiger partial charge is 0.439 e. The molecule has 0 saturated carbocycles. The summed E-state index contributed by atoms with van der Waals surface area (Å²) in [6.07, 6.45) is 0. The van der Waals surface area contributed by atoms with Crippen LogP contribution in [0.1, 0.15) is 5.89 Å². The average molecular weight is 260 g/mol. The molecule has 0 bridgehead atoms. The molecule has 1 saturated heterocycles. The van der Waals surface area contributed by atoms with Crippen molar-refractivity contribution in [3.8, 4) is 0 Å². The molecule has 0 spiro atoms. The van der Waals surface area contributed by atoms with Gasteiger partial charge in [0.15, 0.2) is 5.58 Å². The standard InChI is InChI=1S/C13H16N4O2/c1-16-4-5-17(8-13(16)18)7-12-15-10-3-2-9(14)6-11(10)19-12/h2-3,6H,4-5,7-8,14H2,1H3. The Hall–Kier alpha value is -2.08. The van der Waals surface area contributed by atoms with Gasteiger partial charge < -0.3 is 15.1 Å². The first-order valence-electron chi connectivity index (χ1n) is 6.23. The number of piperazine rings is 1. The van der Waals surface area contributed by atoms with Crippen molar-refractivity contribution in [2.24, 2.45) is 0 Å². The molecule has 6 heteroatoms. The van der Waals surface area contributed by atoms with Crippen LogP contribution in [0.5, 0.6) is 0 Å². The van der Waals surface area contributed by atoms with Gasteiger partial charge in [0.1, 0.15) is 5.52 Å². The number of nitrogens with zero attached hydrogens (tertiary/aromatic N) is 3. The molecule has 1 amide bonds. The van der Waals surface area contributed by atoms with Crippen LogP contribution in [0, 0.1) is 0 Å². The quantitative estimate of drug-likeness (QED) is 0.804. The second-order valence-corrected chi connectivity index (χ2v) is 4.86. The van der Waals surface area contributed by atoms with E-state index in [1.165, 1.54) is 0 Å². The van der Waals surface area contributed by atoms with Gasteiger partial charge in [-0.3, -0.25) is 9.69 Å². The minimum Gasteiger partial charge on any atom is -0.439 e. The van der Waals surface area contributed by atoms with Crippen molar-refractivity contribution in [2.45, 2.75) is 6.54 Å². The Morgan fingerprint density at radius 3 is 3.05 bits per heavy atom. The van der Waals surface area contributed by atoms with Crippen LogP contribution in [0.25, 0.3) is 11.1 Å². The van der Waals surface area contributed by atoms with E-state index in [0.29, 0.717) is 30.3 Å². The number of benzene rings is 1. The maximum absolute atomic E-state index is 11.6. The number of carbonyl (C=O) groups excluding carboxylic acids is 1. The number of nitrogen functional groups attached to an aromatic ring is 1. The minimum atomic E-state index is 0.131. The monoisotopic (exact) mass is 260 g/mol. The predicted octanol–water partition coefficient (Wildman–Crippen LogP) is 0.684. The number of nitrogens with two attached hydrogens (primary N) is 1. The van der Waals surface area contributed by atoms with Crippen molar-refractivity contribution >= 4 is 22.7 Å². The van der Waals surface area contributed by atoms with Gasteiger partial charge in [-0.15, -0.1) is 0 Å². The number of rotatable bonds is 2. The fraction of sp³-hybridized carbons (Fsp3) is 0.385. The fourth-order valence-corrected chi connectivity index (χ4v) is 2.19. The second kappa shape index (κ2) is 4.55. The first-order valence-corrected chi connectivity index (χ1v) is 6.23. The van der Waals surface area contributed by atoms with Gasteiger partial charge in [0.05, 0.1) is 13.1 Å². The molecule has 2 heterocycles. The van der Waals surface area contributed by atoms with Gasteiger partial charge in [-0.1, -0.05) is 0 Å². The van der Waals surface area contributed by atoms with E-state index in [1.54, 1.807) is 17.0 Å². The van der Waals surface area contributed by atoms with Gasteiger partial charge in [0, 0.05) is 31.9 Å². The lowest BCUT2D eigenvalue weighted by atomic mass is 10.3. The lowest BCUT2D eigenvalue weighted by molar-refractivity contribution is -0.134. The lowest BCUT2D eigenvalue weighted by Gasteiger charge is -2.30. The maximum atomic E-state index is 11.6. The highest BCUT2D eigenvalue weighted by Crippen LogP contribution is 2.19. The van der Waals surface area contributed by atoms with Crippen LogP contribution in [0.4, 0.5) is 5.69 Å². The van der Waals surface area contributed by atoms with Gasteiger partial charge in [-0.05, 0) is 12.1 Å². The molecule has 6 nitrogen and oxygen atoms in total. The summed E-state index contributed by atoms with van der Waals surface area (Å²) in [7, 11) is 1.82. The maximum Gasteiger partial charge on any atom is 0.236 e. The number of aromatic nitrogens is 1. The fourth-order valence-electron chi connectivity index (χ4n) is 2.19. The predicted molar refractivity (Wildman–Crippen MR) is 71.3 cm³/mol. The molecule has 2 aromatic rings. The molecule has 1 aliphatic heterocycles. The Morgan fingerprint density at radius 1 is 1.42 bits per heavy atom. The molecular weight excluding hydrogens is 244 g/mol. The van der Waals surface area contributed by atoms with E-state index in [2.05, 4.69) is 4.98 Å². The zero-order chi connectivity index (χ0) is 13.4. The summed E-state index contributed by atoms with van der Waals surface area (Å²) < 4.78 is 5.66. The molecule has 0 radical (unpaired) electrons. The Balaban J connectivity index is 1.76. The van der Waals surface area contributed by atoms with Crippen molar-refractivity contribution < 1.29 is 9.21 Å². The van der Waals surface area contributed by atoms with Crippen LogP contribution >= 0.6 is 0 Å². The van der Waals surface area contributed by atoms with Gasteiger partial charge >= 0.3 is 0 Å². The van der Waals surface area contributed by atoms with Gasteiger partial charge in [0.2, 0.25) is 11.8 Å². The molecule has 19 heavy (non-hydrogen) atoms. The third-order valence-electron chi connectivity index (χ3n) is 3.35. The Morgan fingerprint density at radius 2 is 2.26 bits per heavy atom. The summed E-state index contributed by atoms with van der Waals surface area (Å²) in [6.45, 7) is 2.54. The van der Waals surface area contributed by atoms with Crippen molar-refractivity contribution in [1.82, 2.24) is 14.8 Å². The molecule has 2 N–H and O–H groups in total. The smallest absolute Gasteiger partial charge is 0.236 e. The van der Waals surface area contributed by atoms with Crippen molar-refractivity contribution in [3.05, 3.63) is 24.1 Å². The molecule has 1 aliphatic rings. The number of hydrogen-bond donors (Lipinski definition) is 1. The minimum absolute atomic E-state index is 0.131. The number of oxazole rings is 1. The van der Waals surface area contributed by atoms with Crippen molar-refractivity contribution in [2.75, 3.05) is 32.4 Å². The van der Waals surface area contributed by atoms with E-state index in [0.717, 1.165) is 18.6 Å². The van der Waals surface area contributed by atoms with Crippen LogP contribution in [0.2, 0.25) is 0 Å². The first-order chi connectivity index (χ1) is 9.11. The van der Waals surface area contributed by atoms with Gasteiger partial charge in [-0.2, -0.15) is 0 Å². The van der Waals surface area contributed by atoms with Gasteiger partial charge in [0.25, 0.3) is 0 Å². The topological polar surface area (TPSA) is 75.6 Å². The molecular formula is C13H16N4O2. The van der Waals surface area contributed by atoms with Crippen molar-refractivity contribution in [1.29, 1.82) is 0 Å². The number of amides is 1. The molecule has 0 unspecified atom stereocenters. The molecule has 1 aromatic carbocycles. The Bertz CT molecular complexity index is 622.